The highest BCUT2D eigenvalue weighted by molar-refractivity contribution is 4.93. The van der Waals surface area contributed by atoms with Crippen LogP contribution in [0.1, 0.15) is 33.1 Å². The fraction of sp³-hybridized carbons (Fsp3) is 1.00. The summed E-state index contributed by atoms with van der Waals surface area (Å²) in [4.78, 5) is 2.45. The Kier molecular flexibility index (Phi) is 4.35. The second-order valence-electron chi connectivity index (χ2n) is 4.41. The van der Waals surface area contributed by atoms with Crippen LogP contribution in [-0.4, -0.2) is 43.3 Å². The Bertz CT molecular complexity index is 167. The third-order valence-corrected chi connectivity index (χ3v) is 3.80. The quantitative estimate of drug-likeness (QED) is 0.741. The van der Waals surface area contributed by atoms with Gasteiger partial charge in [-0.25, -0.2) is 0 Å². The first-order valence-corrected chi connectivity index (χ1v) is 5.67. The molecule has 1 heterocycles. The lowest BCUT2D eigenvalue weighted by Gasteiger charge is -2.46. The molecule has 3 heteroatoms. The summed E-state index contributed by atoms with van der Waals surface area (Å²) in [5, 5.41) is 0. The minimum Gasteiger partial charge on any atom is -0.381 e. The molecule has 1 unspecified atom stereocenters. The zero-order valence-corrected chi connectivity index (χ0v) is 9.75. The monoisotopic (exact) mass is 200 g/mol. The van der Waals surface area contributed by atoms with Crippen LogP contribution in [0.4, 0.5) is 0 Å². The molecule has 14 heavy (non-hydrogen) atoms. The molecule has 0 aromatic carbocycles. The Morgan fingerprint density at radius 3 is 2.43 bits per heavy atom. The number of hydrogen-bond donors (Lipinski definition) is 1. The maximum atomic E-state index is 5.93. The van der Waals surface area contributed by atoms with E-state index in [0.717, 1.165) is 32.6 Å². The highest BCUT2D eigenvalue weighted by atomic mass is 16.5. The largest absolute Gasteiger partial charge is 0.381 e. The van der Waals surface area contributed by atoms with Crippen LogP contribution in [-0.2, 0) is 4.74 Å². The van der Waals surface area contributed by atoms with E-state index in [0.29, 0.717) is 6.04 Å². The van der Waals surface area contributed by atoms with E-state index in [-0.39, 0.29) is 5.54 Å². The van der Waals surface area contributed by atoms with Crippen LogP contribution in [0, 0.1) is 0 Å². The molecule has 3 nitrogen and oxygen atoms in total. The molecule has 1 saturated heterocycles. The maximum absolute atomic E-state index is 5.93. The minimum atomic E-state index is 0.188. The van der Waals surface area contributed by atoms with Crippen LogP contribution in [0.25, 0.3) is 0 Å². The van der Waals surface area contributed by atoms with Gasteiger partial charge in [-0.15, -0.1) is 0 Å². The molecule has 1 fully saturated rings. The molecule has 0 aliphatic carbocycles. The van der Waals surface area contributed by atoms with Crippen LogP contribution in [0.3, 0.4) is 0 Å². The summed E-state index contributed by atoms with van der Waals surface area (Å²) < 4.78 is 5.41. The van der Waals surface area contributed by atoms with Crippen LogP contribution in [0.15, 0.2) is 0 Å². The van der Waals surface area contributed by atoms with Crippen molar-refractivity contribution in [3.63, 3.8) is 0 Å². The van der Waals surface area contributed by atoms with E-state index in [1.54, 1.807) is 0 Å². The van der Waals surface area contributed by atoms with E-state index in [1.165, 1.54) is 6.42 Å². The van der Waals surface area contributed by atoms with Gasteiger partial charge in [0.2, 0.25) is 0 Å². The zero-order valence-electron chi connectivity index (χ0n) is 9.75. The van der Waals surface area contributed by atoms with Gasteiger partial charge in [0.15, 0.2) is 0 Å². The van der Waals surface area contributed by atoms with Gasteiger partial charge in [-0.1, -0.05) is 6.92 Å². The first kappa shape index (κ1) is 12.0. The fourth-order valence-electron chi connectivity index (χ4n) is 2.19. The SMILES string of the molecule is CCC(C)N(C)C1(CN)CCOCC1. The van der Waals surface area contributed by atoms with Crippen molar-refractivity contribution in [1.29, 1.82) is 0 Å². The van der Waals surface area contributed by atoms with Gasteiger partial charge in [0.25, 0.3) is 0 Å². The molecular weight excluding hydrogens is 176 g/mol. The zero-order chi connectivity index (χ0) is 10.6. The van der Waals surface area contributed by atoms with Crippen molar-refractivity contribution in [3.8, 4) is 0 Å². The van der Waals surface area contributed by atoms with E-state index in [1.807, 2.05) is 0 Å². The van der Waals surface area contributed by atoms with E-state index < -0.39 is 0 Å². The molecule has 0 aromatic rings. The van der Waals surface area contributed by atoms with Crippen LogP contribution >= 0.6 is 0 Å². The summed E-state index contributed by atoms with van der Waals surface area (Å²) in [6.07, 6.45) is 3.33. The highest BCUT2D eigenvalue weighted by Crippen LogP contribution is 2.28. The molecule has 0 aromatic heterocycles. The van der Waals surface area contributed by atoms with Crippen molar-refractivity contribution in [1.82, 2.24) is 4.90 Å². The van der Waals surface area contributed by atoms with E-state index in [2.05, 4.69) is 25.8 Å². The van der Waals surface area contributed by atoms with E-state index in [4.69, 9.17) is 10.5 Å². The molecule has 0 spiro atoms. The number of nitrogens with two attached hydrogens (primary N) is 1. The lowest BCUT2D eigenvalue weighted by atomic mass is 9.87. The summed E-state index contributed by atoms with van der Waals surface area (Å²) in [5.41, 5.74) is 6.12. The van der Waals surface area contributed by atoms with Crippen molar-refractivity contribution in [2.24, 2.45) is 5.73 Å². The summed E-state index contributed by atoms with van der Waals surface area (Å²) in [6, 6.07) is 0.608. The molecule has 2 N–H and O–H groups in total. The number of likely N-dealkylation sites (N-methyl/N-ethyl adjacent to an activating group) is 1. The standard InChI is InChI=1S/C11H24N2O/c1-4-10(2)13(3)11(9-12)5-7-14-8-6-11/h10H,4-9,12H2,1-3H3. The van der Waals surface area contributed by atoms with E-state index >= 15 is 0 Å². The van der Waals surface area contributed by atoms with Gasteiger partial charge in [0.1, 0.15) is 0 Å². The highest BCUT2D eigenvalue weighted by Gasteiger charge is 2.36. The predicted molar refractivity (Wildman–Crippen MR) is 59.4 cm³/mol. The molecule has 1 aliphatic heterocycles. The topological polar surface area (TPSA) is 38.5 Å². The molecular formula is C11H24N2O. The Morgan fingerprint density at radius 1 is 1.43 bits per heavy atom. The lowest BCUT2D eigenvalue weighted by Crippen LogP contribution is -2.57. The van der Waals surface area contributed by atoms with Crippen molar-refractivity contribution in [2.45, 2.75) is 44.7 Å². The van der Waals surface area contributed by atoms with Gasteiger partial charge in [-0.05, 0) is 33.2 Å². The molecule has 0 radical (unpaired) electrons. The molecule has 0 saturated carbocycles. The van der Waals surface area contributed by atoms with Gasteiger partial charge < -0.3 is 10.5 Å². The summed E-state index contributed by atoms with van der Waals surface area (Å²) in [7, 11) is 2.20. The maximum Gasteiger partial charge on any atom is 0.0484 e. The normalized spacial score (nSPS) is 23.8. The van der Waals surface area contributed by atoms with Crippen LogP contribution in [0.5, 0.6) is 0 Å². The molecule has 0 amide bonds. The van der Waals surface area contributed by atoms with Crippen LogP contribution in [0.2, 0.25) is 0 Å². The van der Waals surface area contributed by atoms with Gasteiger partial charge >= 0.3 is 0 Å². The number of hydrogen-bond acceptors (Lipinski definition) is 3. The summed E-state index contributed by atoms with van der Waals surface area (Å²) in [6.45, 7) is 6.96. The summed E-state index contributed by atoms with van der Waals surface area (Å²) >= 11 is 0. The fourth-order valence-corrected chi connectivity index (χ4v) is 2.19. The van der Waals surface area contributed by atoms with E-state index in [9.17, 15) is 0 Å². The first-order chi connectivity index (χ1) is 6.66. The molecule has 1 rings (SSSR count). The second kappa shape index (κ2) is 5.10. The van der Waals surface area contributed by atoms with Crippen molar-refractivity contribution >= 4 is 0 Å². The third kappa shape index (κ3) is 2.27. The Labute approximate surface area is 87.6 Å². The Balaban J connectivity index is 2.66. The van der Waals surface area contributed by atoms with Crippen molar-refractivity contribution in [2.75, 3.05) is 26.8 Å². The average molecular weight is 200 g/mol. The Hall–Kier alpha value is -0.120. The number of ether oxygens (including phenoxy) is 1. The van der Waals surface area contributed by atoms with Crippen molar-refractivity contribution in [3.05, 3.63) is 0 Å². The molecule has 84 valence electrons. The van der Waals surface area contributed by atoms with Gasteiger partial charge in [0, 0.05) is 31.3 Å². The smallest absolute Gasteiger partial charge is 0.0484 e. The first-order valence-electron chi connectivity index (χ1n) is 5.67. The number of nitrogens with zero attached hydrogens (tertiary/aromatic N) is 1. The number of rotatable bonds is 4. The molecule has 1 atom stereocenters. The molecule has 1 aliphatic rings. The van der Waals surface area contributed by atoms with Gasteiger partial charge in [-0.2, -0.15) is 0 Å². The third-order valence-electron chi connectivity index (χ3n) is 3.80. The summed E-state index contributed by atoms with van der Waals surface area (Å²) in [5.74, 6) is 0. The predicted octanol–water partition coefficient (Wildman–Crippen LogP) is 1.22. The van der Waals surface area contributed by atoms with Gasteiger partial charge in [0.05, 0.1) is 0 Å². The van der Waals surface area contributed by atoms with Crippen molar-refractivity contribution < 1.29 is 4.74 Å². The van der Waals surface area contributed by atoms with Crippen LogP contribution < -0.4 is 5.73 Å². The average Bonchev–Trinajstić information content (AvgIpc) is 2.28. The second-order valence-corrected chi connectivity index (χ2v) is 4.41. The minimum absolute atomic E-state index is 0.188. The molecule has 0 bridgehead atoms. The van der Waals surface area contributed by atoms with Gasteiger partial charge in [-0.3, -0.25) is 4.90 Å². The Morgan fingerprint density at radius 2 is 2.00 bits per heavy atom. The lowest BCUT2D eigenvalue weighted by molar-refractivity contribution is -0.0281.